The summed E-state index contributed by atoms with van der Waals surface area (Å²) < 4.78 is 16.9. The van der Waals surface area contributed by atoms with Crippen molar-refractivity contribution in [2.75, 3.05) is 13.2 Å². The summed E-state index contributed by atoms with van der Waals surface area (Å²) >= 11 is 0. The molecule has 2 unspecified atom stereocenters. The predicted molar refractivity (Wildman–Crippen MR) is 275 cm³/mol. The number of rotatable bonds is 51. The first kappa shape index (κ1) is 62.4. The van der Waals surface area contributed by atoms with Crippen LogP contribution < -0.4 is 0 Å². The topological polar surface area (TPSA) is 78.9 Å². The van der Waals surface area contributed by atoms with E-state index in [1.54, 1.807) is 0 Å². The Balaban J connectivity index is 4.26. The molecule has 6 heteroatoms. The van der Waals surface area contributed by atoms with Gasteiger partial charge in [-0.05, 0) is 37.0 Å². The van der Waals surface area contributed by atoms with Crippen molar-refractivity contribution < 1.29 is 28.6 Å². The standard InChI is InChI=1S/C58H112O6/c1-7-53(5)45-39-33-27-23-19-15-12-13-17-21-25-29-37-43-49-58(61)64-55(51-63-57(60)48-42-36-31-30-34-40-46-54(6)8-2)50-62-56(59)47-41-35-28-24-20-16-11-9-10-14-18-22-26-32-38-44-52(3)4/h52-55H,7-51H2,1-6H3/t53?,54?,55-/m1/s1. The van der Waals surface area contributed by atoms with Gasteiger partial charge >= 0.3 is 17.9 Å². The zero-order chi connectivity index (χ0) is 47.0. The molecular formula is C58H112O6. The van der Waals surface area contributed by atoms with E-state index in [9.17, 15) is 14.4 Å². The smallest absolute Gasteiger partial charge is 0.306 e. The van der Waals surface area contributed by atoms with Crippen LogP contribution in [0, 0.1) is 17.8 Å². The Morgan fingerprint density at radius 2 is 0.547 bits per heavy atom. The fraction of sp³-hybridized carbons (Fsp3) is 0.948. The van der Waals surface area contributed by atoms with E-state index >= 15 is 0 Å². The maximum absolute atomic E-state index is 12.8. The summed E-state index contributed by atoms with van der Waals surface area (Å²) in [5.41, 5.74) is 0. The lowest BCUT2D eigenvalue weighted by Gasteiger charge is -2.18. The Kier molecular flexibility index (Phi) is 48.1. The quantitative estimate of drug-likeness (QED) is 0.0344. The Morgan fingerprint density at radius 3 is 0.812 bits per heavy atom. The highest BCUT2D eigenvalue weighted by atomic mass is 16.6. The number of carbonyl (C=O) groups is 3. The minimum absolute atomic E-state index is 0.0643. The van der Waals surface area contributed by atoms with E-state index < -0.39 is 6.10 Å². The number of hydrogen-bond donors (Lipinski definition) is 0. The van der Waals surface area contributed by atoms with E-state index in [0.717, 1.165) is 75.5 Å². The summed E-state index contributed by atoms with van der Waals surface area (Å²) in [4.78, 5) is 38.1. The summed E-state index contributed by atoms with van der Waals surface area (Å²) in [7, 11) is 0. The van der Waals surface area contributed by atoms with Gasteiger partial charge in [-0.3, -0.25) is 14.4 Å². The molecule has 0 heterocycles. The van der Waals surface area contributed by atoms with E-state index in [1.165, 1.54) is 199 Å². The second-order valence-electron chi connectivity index (χ2n) is 20.9. The molecule has 0 aromatic rings. The third-order valence-corrected chi connectivity index (χ3v) is 13.9. The molecule has 0 fully saturated rings. The number of hydrogen-bond acceptors (Lipinski definition) is 6. The first-order valence-corrected chi connectivity index (χ1v) is 28.7. The molecule has 0 amide bonds. The van der Waals surface area contributed by atoms with Gasteiger partial charge in [0.05, 0.1) is 0 Å². The van der Waals surface area contributed by atoms with Crippen LogP contribution in [-0.4, -0.2) is 37.2 Å². The molecule has 0 saturated heterocycles. The van der Waals surface area contributed by atoms with Crippen molar-refractivity contribution in [1.82, 2.24) is 0 Å². The molecule has 0 aliphatic rings. The molecule has 0 rings (SSSR count). The van der Waals surface area contributed by atoms with Gasteiger partial charge < -0.3 is 14.2 Å². The molecule has 0 aliphatic carbocycles. The number of ether oxygens (including phenoxy) is 3. The summed E-state index contributed by atoms with van der Waals surface area (Å²) in [6, 6.07) is 0. The number of esters is 3. The molecule has 0 aromatic carbocycles. The first-order chi connectivity index (χ1) is 31.2. The van der Waals surface area contributed by atoms with Gasteiger partial charge in [-0.1, -0.05) is 279 Å². The van der Waals surface area contributed by atoms with Crippen LogP contribution in [0.5, 0.6) is 0 Å². The van der Waals surface area contributed by atoms with Crippen LogP contribution in [0.1, 0.15) is 318 Å². The fourth-order valence-electron chi connectivity index (χ4n) is 8.76. The minimum Gasteiger partial charge on any atom is -0.462 e. The monoisotopic (exact) mass is 905 g/mol. The molecule has 0 bridgehead atoms. The van der Waals surface area contributed by atoms with Crippen LogP contribution in [0.25, 0.3) is 0 Å². The van der Waals surface area contributed by atoms with Crippen LogP contribution in [0.15, 0.2) is 0 Å². The van der Waals surface area contributed by atoms with Crippen LogP contribution in [0.3, 0.4) is 0 Å². The highest BCUT2D eigenvalue weighted by Gasteiger charge is 2.19. The molecule has 0 aromatic heterocycles. The van der Waals surface area contributed by atoms with Crippen molar-refractivity contribution in [2.24, 2.45) is 17.8 Å². The van der Waals surface area contributed by atoms with Gasteiger partial charge in [0.15, 0.2) is 6.10 Å². The number of unbranched alkanes of at least 4 members (excludes halogenated alkanes) is 32. The first-order valence-electron chi connectivity index (χ1n) is 28.7. The average molecular weight is 906 g/mol. The van der Waals surface area contributed by atoms with Gasteiger partial charge in [0.25, 0.3) is 0 Å². The molecule has 0 saturated carbocycles. The molecule has 380 valence electrons. The summed E-state index contributed by atoms with van der Waals surface area (Å²) in [6.07, 6.45) is 50.9. The Bertz CT molecular complexity index is 995. The third-order valence-electron chi connectivity index (χ3n) is 13.9. The zero-order valence-corrected chi connectivity index (χ0v) is 44.1. The van der Waals surface area contributed by atoms with Gasteiger partial charge in [-0.25, -0.2) is 0 Å². The van der Waals surface area contributed by atoms with Crippen molar-refractivity contribution in [3.63, 3.8) is 0 Å². The molecule has 0 aliphatic heterocycles. The molecule has 64 heavy (non-hydrogen) atoms. The largest absolute Gasteiger partial charge is 0.462 e. The molecule has 3 atom stereocenters. The maximum atomic E-state index is 12.8. The Morgan fingerprint density at radius 1 is 0.312 bits per heavy atom. The van der Waals surface area contributed by atoms with Crippen molar-refractivity contribution in [1.29, 1.82) is 0 Å². The highest BCUT2D eigenvalue weighted by Crippen LogP contribution is 2.19. The lowest BCUT2D eigenvalue weighted by atomic mass is 9.99. The summed E-state index contributed by atoms with van der Waals surface area (Å²) in [5, 5.41) is 0. The van der Waals surface area contributed by atoms with Gasteiger partial charge in [0, 0.05) is 19.3 Å². The molecule has 0 spiro atoms. The van der Waals surface area contributed by atoms with Crippen LogP contribution in [-0.2, 0) is 28.6 Å². The maximum Gasteiger partial charge on any atom is 0.306 e. The molecule has 0 N–H and O–H groups in total. The normalized spacial score (nSPS) is 13.0. The third kappa shape index (κ3) is 48.3. The van der Waals surface area contributed by atoms with Crippen molar-refractivity contribution in [3.05, 3.63) is 0 Å². The second kappa shape index (κ2) is 49.3. The molecule has 0 radical (unpaired) electrons. The number of carbonyl (C=O) groups excluding carboxylic acids is 3. The Labute approximate surface area is 399 Å². The van der Waals surface area contributed by atoms with Crippen LogP contribution in [0.4, 0.5) is 0 Å². The van der Waals surface area contributed by atoms with Crippen LogP contribution >= 0.6 is 0 Å². The molecular weight excluding hydrogens is 793 g/mol. The SMILES string of the molecule is CCC(C)CCCCCCCCCCCCCCCCC(=O)O[C@H](COC(=O)CCCCCCCCCCCCCCCCCC(C)C)COC(=O)CCCCCCCCC(C)CC. The zero-order valence-electron chi connectivity index (χ0n) is 44.1. The van der Waals surface area contributed by atoms with Gasteiger partial charge in [0.1, 0.15) is 13.2 Å². The minimum atomic E-state index is -0.764. The van der Waals surface area contributed by atoms with Gasteiger partial charge in [-0.2, -0.15) is 0 Å². The van der Waals surface area contributed by atoms with E-state index in [4.69, 9.17) is 14.2 Å². The van der Waals surface area contributed by atoms with Gasteiger partial charge in [-0.15, -0.1) is 0 Å². The predicted octanol–water partition coefficient (Wildman–Crippen LogP) is 18.7. The van der Waals surface area contributed by atoms with Crippen molar-refractivity contribution >= 4 is 17.9 Å². The summed E-state index contributed by atoms with van der Waals surface area (Å²) in [5.74, 6) is 1.71. The lowest BCUT2D eigenvalue weighted by molar-refractivity contribution is -0.167. The fourth-order valence-corrected chi connectivity index (χ4v) is 8.76. The highest BCUT2D eigenvalue weighted by molar-refractivity contribution is 5.71. The average Bonchev–Trinajstić information content (AvgIpc) is 3.28. The summed E-state index contributed by atoms with van der Waals surface area (Å²) in [6.45, 7) is 13.8. The van der Waals surface area contributed by atoms with Gasteiger partial charge in [0.2, 0.25) is 0 Å². The molecule has 6 nitrogen and oxygen atoms in total. The Hall–Kier alpha value is -1.59. The van der Waals surface area contributed by atoms with E-state index in [2.05, 4.69) is 41.5 Å². The van der Waals surface area contributed by atoms with E-state index in [0.29, 0.717) is 19.3 Å². The second-order valence-corrected chi connectivity index (χ2v) is 20.9. The van der Waals surface area contributed by atoms with E-state index in [-0.39, 0.29) is 31.1 Å². The van der Waals surface area contributed by atoms with Crippen molar-refractivity contribution in [2.45, 2.75) is 324 Å². The van der Waals surface area contributed by atoms with E-state index in [1.807, 2.05) is 0 Å². The van der Waals surface area contributed by atoms with Crippen molar-refractivity contribution in [3.8, 4) is 0 Å². The lowest BCUT2D eigenvalue weighted by Crippen LogP contribution is -2.30. The van der Waals surface area contributed by atoms with Crippen LogP contribution in [0.2, 0.25) is 0 Å².